The SMILES string of the molecule is CNC(CN(C)c1ccccc1F)C1CCCCC1. The molecule has 1 atom stereocenters. The Kier molecular flexibility index (Phi) is 5.20. The lowest BCUT2D eigenvalue weighted by Gasteiger charge is -2.33. The first-order chi connectivity index (χ1) is 9.22. The first-order valence-electron chi connectivity index (χ1n) is 7.35. The zero-order valence-corrected chi connectivity index (χ0v) is 12.0. The summed E-state index contributed by atoms with van der Waals surface area (Å²) >= 11 is 0. The summed E-state index contributed by atoms with van der Waals surface area (Å²) in [7, 11) is 4.00. The number of likely N-dealkylation sites (N-methyl/N-ethyl adjacent to an activating group) is 2. The van der Waals surface area contributed by atoms with Crippen LogP contribution in [0.4, 0.5) is 10.1 Å². The van der Waals surface area contributed by atoms with Gasteiger partial charge in [-0.1, -0.05) is 31.4 Å². The van der Waals surface area contributed by atoms with Crippen LogP contribution in [0.3, 0.4) is 0 Å². The zero-order chi connectivity index (χ0) is 13.7. The Bertz CT molecular complexity index is 388. The average Bonchev–Trinajstić information content (AvgIpc) is 2.46. The number of anilines is 1. The fourth-order valence-electron chi connectivity index (χ4n) is 3.17. The van der Waals surface area contributed by atoms with Gasteiger partial charge in [-0.25, -0.2) is 4.39 Å². The van der Waals surface area contributed by atoms with Gasteiger partial charge in [0.05, 0.1) is 5.69 Å². The van der Waals surface area contributed by atoms with E-state index in [0.717, 1.165) is 12.5 Å². The van der Waals surface area contributed by atoms with Gasteiger partial charge in [-0.15, -0.1) is 0 Å². The van der Waals surface area contributed by atoms with Crippen LogP contribution in [0.15, 0.2) is 24.3 Å². The van der Waals surface area contributed by atoms with Crippen LogP contribution in [0.5, 0.6) is 0 Å². The molecule has 2 rings (SSSR count). The standard InChI is InChI=1S/C16H25FN2/c1-18-15(13-8-4-3-5-9-13)12-19(2)16-11-7-6-10-14(16)17/h6-7,10-11,13,15,18H,3-5,8-9,12H2,1-2H3. The summed E-state index contributed by atoms with van der Waals surface area (Å²) in [6.45, 7) is 0.863. The van der Waals surface area contributed by atoms with Gasteiger partial charge >= 0.3 is 0 Å². The minimum Gasteiger partial charge on any atom is -0.371 e. The Morgan fingerprint density at radius 2 is 1.95 bits per heavy atom. The van der Waals surface area contributed by atoms with Crippen molar-refractivity contribution in [2.24, 2.45) is 5.92 Å². The van der Waals surface area contributed by atoms with Crippen molar-refractivity contribution in [2.75, 3.05) is 25.5 Å². The molecule has 1 aliphatic carbocycles. The van der Waals surface area contributed by atoms with Crippen molar-refractivity contribution in [2.45, 2.75) is 38.1 Å². The largest absolute Gasteiger partial charge is 0.371 e. The Morgan fingerprint density at radius 1 is 1.26 bits per heavy atom. The van der Waals surface area contributed by atoms with Gasteiger partial charge in [-0.05, 0) is 37.9 Å². The highest BCUT2D eigenvalue weighted by Gasteiger charge is 2.24. The predicted octanol–water partition coefficient (Wildman–Crippen LogP) is 3.43. The monoisotopic (exact) mass is 264 g/mol. The Labute approximate surface area is 116 Å². The van der Waals surface area contributed by atoms with E-state index in [1.807, 2.05) is 31.1 Å². The van der Waals surface area contributed by atoms with Gasteiger partial charge in [0.25, 0.3) is 0 Å². The maximum Gasteiger partial charge on any atom is 0.146 e. The molecule has 0 aromatic heterocycles. The average molecular weight is 264 g/mol. The topological polar surface area (TPSA) is 15.3 Å². The van der Waals surface area contributed by atoms with Gasteiger partial charge in [0.1, 0.15) is 5.82 Å². The molecule has 1 aromatic rings. The van der Waals surface area contributed by atoms with E-state index in [1.54, 1.807) is 6.07 Å². The van der Waals surface area contributed by atoms with Crippen LogP contribution in [0, 0.1) is 11.7 Å². The summed E-state index contributed by atoms with van der Waals surface area (Å²) in [5.74, 6) is 0.594. The predicted molar refractivity (Wildman–Crippen MR) is 79.1 cm³/mol. The quantitative estimate of drug-likeness (QED) is 0.876. The number of para-hydroxylation sites is 1. The van der Waals surface area contributed by atoms with Crippen LogP contribution < -0.4 is 10.2 Å². The molecule has 0 saturated heterocycles. The van der Waals surface area contributed by atoms with E-state index in [-0.39, 0.29) is 5.82 Å². The molecule has 19 heavy (non-hydrogen) atoms. The van der Waals surface area contributed by atoms with E-state index in [2.05, 4.69) is 5.32 Å². The minimum absolute atomic E-state index is 0.136. The van der Waals surface area contributed by atoms with E-state index in [9.17, 15) is 4.39 Å². The summed E-state index contributed by atoms with van der Waals surface area (Å²) in [5, 5.41) is 3.43. The lowest BCUT2D eigenvalue weighted by atomic mass is 9.83. The molecule has 1 aliphatic rings. The van der Waals surface area contributed by atoms with Crippen molar-refractivity contribution in [3.8, 4) is 0 Å². The smallest absolute Gasteiger partial charge is 0.146 e. The second kappa shape index (κ2) is 6.90. The Hall–Kier alpha value is -1.09. The molecule has 3 heteroatoms. The fraction of sp³-hybridized carbons (Fsp3) is 0.625. The van der Waals surface area contributed by atoms with Crippen LogP contribution in [0.2, 0.25) is 0 Å². The molecule has 0 amide bonds. The molecule has 1 unspecified atom stereocenters. The van der Waals surface area contributed by atoms with Gasteiger partial charge in [0, 0.05) is 19.6 Å². The first-order valence-corrected chi connectivity index (χ1v) is 7.35. The third-order valence-electron chi connectivity index (χ3n) is 4.32. The lowest BCUT2D eigenvalue weighted by Crippen LogP contribution is -2.43. The molecule has 0 heterocycles. The van der Waals surface area contributed by atoms with Crippen LogP contribution in [-0.2, 0) is 0 Å². The van der Waals surface area contributed by atoms with Crippen molar-refractivity contribution in [1.82, 2.24) is 5.32 Å². The Balaban J connectivity index is 1.99. The lowest BCUT2D eigenvalue weighted by molar-refractivity contribution is 0.280. The highest BCUT2D eigenvalue weighted by atomic mass is 19.1. The number of nitrogens with one attached hydrogen (secondary N) is 1. The number of hydrogen-bond acceptors (Lipinski definition) is 2. The number of benzene rings is 1. The Morgan fingerprint density at radius 3 is 2.58 bits per heavy atom. The molecule has 1 N–H and O–H groups in total. The van der Waals surface area contributed by atoms with E-state index in [0.29, 0.717) is 11.7 Å². The summed E-state index contributed by atoms with van der Waals surface area (Å²) in [6.07, 6.45) is 6.65. The summed E-state index contributed by atoms with van der Waals surface area (Å²) in [4.78, 5) is 2.03. The van der Waals surface area contributed by atoms with Crippen molar-refractivity contribution in [1.29, 1.82) is 0 Å². The van der Waals surface area contributed by atoms with Crippen LogP contribution in [-0.4, -0.2) is 26.7 Å². The second-order valence-corrected chi connectivity index (χ2v) is 5.63. The van der Waals surface area contributed by atoms with E-state index >= 15 is 0 Å². The number of nitrogens with zero attached hydrogens (tertiary/aromatic N) is 1. The van der Waals surface area contributed by atoms with Crippen LogP contribution in [0.25, 0.3) is 0 Å². The van der Waals surface area contributed by atoms with Crippen molar-refractivity contribution in [3.05, 3.63) is 30.1 Å². The van der Waals surface area contributed by atoms with Gasteiger partial charge in [0.15, 0.2) is 0 Å². The van der Waals surface area contributed by atoms with Crippen molar-refractivity contribution in [3.63, 3.8) is 0 Å². The first kappa shape index (κ1) is 14.3. The highest BCUT2D eigenvalue weighted by molar-refractivity contribution is 5.46. The summed E-state index contributed by atoms with van der Waals surface area (Å²) in [5.41, 5.74) is 0.693. The fourth-order valence-corrected chi connectivity index (χ4v) is 3.17. The maximum absolute atomic E-state index is 13.8. The van der Waals surface area contributed by atoms with Gasteiger partial charge in [-0.2, -0.15) is 0 Å². The van der Waals surface area contributed by atoms with Gasteiger partial charge in [-0.3, -0.25) is 0 Å². The van der Waals surface area contributed by atoms with E-state index in [4.69, 9.17) is 0 Å². The molecule has 0 bridgehead atoms. The molecule has 2 nitrogen and oxygen atoms in total. The molecule has 1 aromatic carbocycles. The molecular weight excluding hydrogens is 239 g/mol. The minimum atomic E-state index is -0.136. The summed E-state index contributed by atoms with van der Waals surface area (Å²) < 4.78 is 13.8. The van der Waals surface area contributed by atoms with Gasteiger partial charge < -0.3 is 10.2 Å². The van der Waals surface area contributed by atoms with Crippen molar-refractivity contribution >= 4 is 5.69 Å². The molecule has 1 saturated carbocycles. The van der Waals surface area contributed by atoms with E-state index in [1.165, 1.54) is 38.2 Å². The number of hydrogen-bond donors (Lipinski definition) is 1. The second-order valence-electron chi connectivity index (χ2n) is 5.63. The van der Waals surface area contributed by atoms with Crippen LogP contribution in [0.1, 0.15) is 32.1 Å². The molecule has 106 valence electrons. The molecular formula is C16H25FN2. The van der Waals surface area contributed by atoms with Crippen molar-refractivity contribution < 1.29 is 4.39 Å². The third kappa shape index (κ3) is 3.69. The molecule has 1 fully saturated rings. The normalized spacial score (nSPS) is 18.3. The molecule has 0 radical (unpaired) electrons. The van der Waals surface area contributed by atoms with Gasteiger partial charge in [0.2, 0.25) is 0 Å². The third-order valence-corrected chi connectivity index (χ3v) is 4.32. The van der Waals surface area contributed by atoms with E-state index < -0.39 is 0 Å². The van der Waals surface area contributed by atoms with Crippen LogP contribution >= 0.6 is 0 Å². The number of halogens is 1. The highest BCUT2D eigenvalue weighted by Crippen LogP contribution is 2.27. The number of rotatable bonds is 5. The zero-order valence-electron chi connectivity index (χ0n) is 12.0. The molecule has 0 aliphatic heterocycles. The molecule has 0 spiro atoms. The summed E-state index contributed by atoms with van der Waals surface area (Å²) in [6, 6.07) is 7.46. The maximum atomic E-state index is 13.8.